The van der Waals surface area contributed by atoms with Crippen LogP contribution in [0.5, 0.6) is 11.5 Å². The number of rotatable bonds is 6. The van der Waals surface area contributed by atoms with Crippen molar-refractivity contribution in [3.63, 3.8) is 0 Å². The van der Waals surface area contributed by atoms with Gasteiger partial charge in [-0.05, 0) is 42.1 Å². The first-order chi connectivity index (χ1) is 13.4. The molecule has 0 heterocycles. The first-order valence-corrected chi connectivity index (χ1v) is 8.67. The fourth-order valence-corrected chi connectivity index (χ4v) is 2.74. The van der Waals surface area contributed by atoms with E-state index in [0.717, 1.165) is 22.9 Å². The lowest BCUT2D eigenvalue weighted by atomic mass is 10.1. The summed E-state index contributed by atoms with van der Waals surface area (Å²) in [5.74, 6) is -0.154. The van der Waals surface area contributed by atoms with Gasteiger partial charge in [-0.2, -0.15) is 0 Å². The lowest BCUT2D eigenvalue weighted by molar-refractivity contribution is -0.274. The first kappa shape index (κ1) is 19.5. The predicted molar refractivity (Wildman–Crippen MR) is 100 cm³/mol. The Morgan fingerprint density at radius 1 is 1.00 bits per heavy atom. The van der Waals surface area contributed by atoms with Crippen LogP contribution in [0.15, 0.2) is 66.7 Å². The first-order valence-electron chi connectivity index (χ1n) is 8.67. The number of halogens is 3. The second-order valence-corrected chi connectivity index (χ2v) is 6.05. The van der Waals surface area contributed by atoms with Crippen LogP contribution in [0.3, 0.4) is 0 Å². The van der Waals surface area contributed by atoms with Crippen molar-refractivity contribution < 1.29 is 27.4 Å². The minimum atomic E-state index is -4.76. The van der Waals surface area contributed by atoms with Crippen LogP contribution < -0.4 is 14.8 Å². The molecule has 7 heteroatoms. The molecule has 0 aliphatic carbocycles. The van der Waals surface area contributed by atoms with Crippen LogP contribution in [-0.2, 0) is 4.79 Å². The highest BCUT2D eigenvalue weighted by Crippen LogP contribution is 2.27. The minimum absolute atomic E-state index is 0.347. The van der Waals surface area contributed by atoms with Gasteiger partial charge in [0.1, 0.15) is 11.5 Å². The van der Waals surface area contributed by atoms with E-state index < -0.39 is 12.5 Å². The third kappa shape index (κ3) is 4.94. The predicted octanol–water partition coefficient (Wildman–Crippen LogP) is 5.53. The molecule has 0 aliphatic rings. The topological polar surface area (TPSA) is 47.6 Å². The Labute approximate surface area is 159 Å². The Bertz CT molecular complexity index is 950. The molecule has 1 amide bonds. The number of carbonyl (C=O) groups excluding carboxylic acids is 1. The highest BCUT2D eigenvalue weighted by Gasteiger charge is 2.31. The second kappa shape index (κ2) is 8.21. The maximum absolute atomic E-state index is 12.6. The van der Waals surface area contributed by atoms with Crippen molar-refractivity contribution in [2.24, 2.45) is 0 Å². The monoisotopic (exact) mass is 389 g/mol. The summed E-state index contributed by atoms with van der Waals surface area (Å²) >= 11 is 0. The summed E-state index contributed by atoms with van der Waals surface area (Å²) < 4.78 is 46.4. The van der Waals surface area contributed by atoms with Crippen molar-refractivity contribution in [2.75, 3.05) is 5.32 Å². The van der Waals surface area contributed by atoms with E-state index in [1.165, 1.54) is 12.1 Å². The van der Waals surface area contributed by atoms with Crippen molar-refractivity contribution >= 4 is 22.4 Å². The van der Waals surface area contributed by atoms with E-state index in [4.69, 9.17) is 4.74 Å². The molecule has 1 unspecified atom stereocenters. The normalized spacial score (nSPS) is 12.4. The van der Waals surface area contributed by atoms with Gasteiger partial charge < -0.3 is 14.8 Å². The molecule has 4 nitrogen and oxygen atoms in total. The Balaban J connectivity index is 1.70. The number of carbonyl (C=O) groups is 1. The second-order valence-electron chi connectivity index (χ2n) is 6.05. The molecule has 146 valence electrons. The van der Waals surface area contributed by atoms with Gasteiger partial charge in [0.25, 0.3) is 5.91 Å². The Morgan fingerprint density at radius 2 is 1.68 bits per heavy atom. The fraction of sp³-hybridized carbons (Fsp3) is 0.190. The number of nitrogens with one attached hydrogen (secondary N) is 1. The molecule has 3 aromatic carbocycles. The van der Waals surface area contributed by atoms with Gasteiger partial charge in [-0.15, -0.1) is 13.2 Å². The van der Waals surface area contributed by atoms with Gasteiger partial charge in [0.05, 0.1) is 0 Å². The van der Waals surface area contributed by atoms with Crippen molar-refractivity contribution in [3.05, 3.63) is 66.7 Å². The number of benzene rings is 3. The SMILES string of the molecule is CCC(Oc1cccc2ccccc12)C(=O)Nc1ccc(OC(F)(F)F)cc1. The number of hydrogen-bond donors (Lipinski definition) is 1. The molecule has 0 aliphatic heterocycles. The summed E-state index contributed by atoms with van der Waals surface area (Å²) in [4.78, 5) is 12.6. The maximum atomic E-state index is 12.6. The highest BCUT2D eigenvalue weighted by atomic mass is 19.4. The van der Waals surface area contributed by atoms with Gasteiger partial charge >= 0.3 is 6.36 Å². The van der Waals surface area contributed by atoms with Gasteiger partial charge in [0.2, 0.25) is 0 Å². The number of amides is 1. The van der Waals surface area contributed by atoms with Crippen LogP contribution in [0.2, 0.25) is 0 Å². The Morgan fingerprint density at radius 3 is 2.36 bits per heavy atom. The van der Waals surface area contributed by atoms with Crippen LogP contribution >= 0.6 is 0 Å². The molecule has 0 fully saturated rings. The average molecular weight is 389 g/mol. The fourth-order valence-electron chi connectivity index (χ4n) is 2.74. The van der Waals surface area contributed by atoms with Gasteiger partial charge in [0.15, 0.2) is 6.10 Å². The van der Waals surface area contributed by atoms with Crippen molar-refractivity contribution in [2.45, 2.75) is 25.8 Å². The summed E-state index contributed by atoms with van der Waals surface area (Å²) in [7, 11) is 0. The third-order valence-corrected chi connectivity index (χ3v) is 4.04. The van der Waals surface area contributed by atoms with Crippen LogP contribution in [0, 0.1) is 0 Å². The van der Waals surface area contributed by atoms with E-state index in [1.54, 1.807) is 6.07 Å². The van der Waals surface area contributed by atoms with Crippen molar-refractivity contribution in [1.29, 1.82) is 0 Å². The number of hydrogen-bond acceptors (Lipinski definition) is 3. The molecule has 0 radical (unpaired) electrons. The third-order valence-electron chi connectivity index (χ3n) is 4.04. The van der Waals surface area contributed by atoms with Crippen LogP contribution in [0.1, 0.15) is 13.3 Å². The van der Waals surface area contributed by atoms with Gasteiger partial charge in [-0.3, -0.25) is 4.79 Å². The van der Waals surface area contributed by atoms with E-state index in [1.807, 2.05) is 43.3 Å². The minimum Gasteiger partial charge on any atom is -0.480 e. The van der Waals surface area contributed by atoms with E-state index in [9.17, 15) is 18.0 Å². The summed E-state index contributed by atoms with van der Waals surface area (Å²) in [5.41, 5.74) is 0.347. The van der Waals surface area contributed by atoms with Crippen molar-refractivity contribution in [1.82, 2.24) is 0 Å². The highest BCUT2D eigenvalue weighted by molar-refractivity contribution is 5.95. The largest absolute Gasteiger partial charge is 0.573 e. The summed E-state index contributed by atoms with van der Waals surface area (Å²) in [6.45, 7) is 1.82. The van der Waals surface area contributed by atoms with E-state index in [-0.39, 0.29) is 11.7 Å². The van der Waals surface area contributed by atoms with Gasteiger partial charge in [-0.25, -0.2) is 0 Å². The number of ether oxygens (including phenoxy) is 2. The standard InChI is InChI=1S/C21H18F3NO3/c1-2-18(27-19-9-5-7-14-6-3-4-8-17(14)19)20(26)25-15-10-12-16(13-11-15)28-21(22,23)24/h3-13,18H,2H2,1H3,(H,25,26). The quantitative estimate of drug-likeness (QED) is 0.603. The number of anilines is 1. The van der Waals surface area contributed by atoms with Crippen LogP contribution in [-0.4, -0.2) is 18.4 Å². The summed E-state index contributed by atoms with van der Waals surface area (Å²) in [6, 6.07) is 18.2. The molecule has 0 aromatic heterocycles. The molecule has 1 atom stereocenters. The molecule has 3 aromatic rings. The van der Waals surface area contributed by atoms with Gasteiger partial charge in [-0.1, -0.05) is 43.3 Å². The van der Waals surface area contributed by atoms with E-state index in [2.05, 4.69) is 10.1 Å². The Hall–Kier alpha value is -3.22. The lowest BCUT2D eigenvalue weighted by Gasteiger charge is -2.18. The lowest BCUT2D eigenvalue weighted by Crippen LogP contribution is -2.32. The summed E-state index contributed by atoms with van der Waals surface area (Å²) in [6.07, 6.45) is -5.09. The smallest absolute Gasteiger partial charge is 0.480 e. The molecule has 0 saturated carbocycles. The summed E-state index contributed by atoms with van der Waals surface area (Å²) in [5, 5.41) is 4.54. The average Bonchev–Trinajstić information content (AvgIpc) is 2.66. The molecule has 0 saturated heterocycles. The zero-order valence-electron chi connectivity index (χ0n) is 15.0. The molecule has 1 N–H and O–H groups in total. The zero-order valence-corrected chi connectivity index (χ0v) is 15.0. The molecule has 0 spiro atoms. The number of fused-ring (bicyclic) bond motifs is 1. The van der Waals surface area contributed by atoms with Crippen molar-refractivity contribution in [3.8, 4) is 11.5 Å². The van der Waals surface area contributed by atoms with E-state index in [0.29, 0.717) is 17.9 Å². The maximum Gasteiger partial charge on any atom is 0.573 e. The van der Waals surface area contributed by atoms with Gasteiger partial charge in [0, 0.05) is 11.1 Å². The molecule has 28 heavy (non-hydrogen) atoms. The zero-order chi connectivity index (χ0) is 20.1. The molecular formula is C21H18F3NO3. The van der Waals surface area contributed by atoms with Crippen LogP contribution in [0.25, 0.3) is 10.8 Å². The molecule has 0 bridgehead atoms. The molecule has 3 rings (SSSR count). The molecular weight excluding hydrogens is 371 g/mol. The van der Waals surface area contributed by atoms with Crippen LogP contribution in [0.4, 0.5) is 18.9 Å². The number of alkyl halides is 3. The Kier molecular flexibility index (Phi) is 5.73. The van der Waals surface area contributed by atoms with E-state index >= 15 is 0 Å².